The number of allylic oxidation sites excluding steroid dienone is 1. The van der Waals surface area contributed by atoms with Gasteiger partial charge in [0.05, 0.1) is 26.7 Å². The van der Waals surface area contributed by atoms with Crippen LogP contribution >= 0.6 is 27.7 Å². The molecule has 0 aromatic heterocycles. The van der Waals surface area contributed by atoms with Gasteiger partial charge in [-0.25, -0.2) is 8.42 Å². The second-order valence-electron chi connectivity index (χ2n) is 4.27. The van der Waals surface area contributed by atoms with Gasteiger partial charge in [-0.05, 0) is 47.5 Å². The number of halogens is 2. The lowest BCUT2D eigenvalue weighted by atomic mass is 10.2. The highest BCUT2D eigenvalue weighted by Gasteiger charge is 2.22. The third-order valence-corrected chi connectivity index (χ3v) is 5.89. The molecule has 0 saturated carbocycles. The monoisotopic (exact) mass is 399 g/mol. The number of anilines is 1. The molecular formula is C15H11BrClNO3S. The zero-order chi connectivity index (χ0) is 16.2. The van der Waals surface area contributed by atoms with Crippen LogP contribution in [0.4, 0.5) is 5.69 Å². The summed E-state index contributed by atoms with van der Waals surface area (Å²) in [6.07, 6.45) is 2.62. The molecule has 0 aliphatic rings. The fourth-order valence-corrected chi connectivity index (χ4v) is 3.64. The number of hydrogen-bond acceptors (Lipinski definition) is 3. The molecule has 2 aromatic rings. The average molecular weight is 401 g/mol. The summed E-state index contributed by atoms with van der Waals surface area (Å²) < 4.78 is 26.2. The Kier molecular flexibility index (Phi) is 5.39. The molecule has 0 N–H and O–H groups in total. The van der Waals surface area contributed by atoms with Crippen LogP contribution < -0.4 is 3.33 Å². The number of para-hydroxylation sites is 1. The summed E-state index contributed by atoms with van der Waals surface area (Å²) in [5.74, 6) is 0. The first kappa shape index (κ1) is 16.7. The Morgan fingerprint density at radius 3 is 2.41 bits per heavy atom. The first-order valence-corrected chi connectivity index (χ1v) is 8.68. The Labute approximate surface area is 142 Å². The summed E-state index contributed by atoms with van der Waals surface area (Å²) in [5.41, 5.74) is 1.04. The van der Waals surface area contributed by atoms with Crippen molar-refractivity contribution >= 4 is 54.8 Å². The van der Waals surface area contributed by atoms with Gasteiger partial charge in [-0.1, -0.05) is 36.4 Å². The molecule has 2 aromatic carbocycles. The minimum atomic E-state index is -3.75. The first-order chi connectivity index (χ1) is 10.4. The third-order valence-electron chi connectivity index (χ3n) is 2.73. The molecule has 2 rings (SSSR count). The van der Waals surface area contributed by atoms with Crippen molar-refractivity contribution in [2.75, 3.05) is 3.33 Å². The molecule has 0 bridgehead atoms. The molecule has 0 spiro atoms. The predicted octanol–water partition coefficient (Wildman–Crippen LogP) is 3.97. The number of carbonyl (C=O) groups is 1. The largest absolute Gasteiger partial charge is 0.276 e. The molecule has 0 saturated heterocycles. The maximum absolute atomic E-state index is 12.6. The van der Waals surface area contributed by atoms with E-state index in [9.17, 15) is 13.2 Å². The van der Waals surface area contributed by atoms with Crippen LogP contribution in [-0.2, 0) is 14.8 Å². The van der Waals surface area contributed by atoms with Gasteiger partial charge < -0.3 is 0 Å². The highest BCUT2D eigenvalue weighted by Crippen LogP contribution is 2.27. The van der Waals surface area contributed by atoms with Gasteiger partial charge in [-0.2, -0.15) is 3.33 Å². The van der Waals surface area contributed by atoms with E-state index < -0.39 is 15.3 Å². The third kappa shape index (κ3) is 3.97. The predicted molar refractivity (Wildman–Crippen MR) is 91.4 cm³/mol. The summed E-state index contributed by atoms with van der Waals surface area (Å²) in [4.78, 5) is 10.8. The van der Waals surface area contributed by atoms with Gasteiger partial charge in [0.1, 0.15) is 0 Å². The number of sulfonamides is 1. The molecule has 114 valence electrons. The molecule has 0 unspecified atom stereocenters. The average Bonchev–Trinajstić information content (AvgIpc) is 2.53. The lowest BCUT2D eigenvalue weighted by Crippen LogP contribution is -2.20. The minimum Gasteiger partial charge on any atom is -0.276 e. The number of rotatable bonds is 5. The maximum Gasteiger partial charge on any atom is 0.273 e. The van der Waals surface area contributed by atoms with Crippen LogP contribution in [-0.4, -0.2) is 13.7 Å². The van der Waals surface area contributed by atoms with Crippen molar-refractivity contribution in [3.8, 4) is 0 Å². The Balaban J connectivity index is 2.38. The van der Waals surface area contributed by atoms with E-state index in [1.54, 1.807) is 42.5 Å². The van der Waals surface area contributed by atoms with Crippen LogP contribution in [0.25, 0.3) is 6.08 Å². The van der Waals surface area contributed by atoms with Crippen molar-refractivity contribution in [3.05, 3.63) is 66.2 Å². The molecule has 0 fully saturated rings. The van der Waals surface area contributed by atoms with E-state index in [0.29, 0.717) is 11.3 Å². The fourth-order valence-electron chi connectivity index (χ4n) is 1.72. The molecule has 0 radical (unpaired) electrons. The second kappa shape index (κ2) is 7.09. The fraction of sp³-hybridized carbons (Fsp3) is 0. The van der Waals surface area contributed by atoms with Gasteiger partial charge in [0, 0.05) is 0 Å². The van der Waals surface area contributed by atoms with Crippen LogP contribution in [0, 0.1) is 0 Å². The topological polar surface area (TPSA) is 54.5 Å². The number of carbonyl (C=O) groups excluding carboxylic acids is 1. The number of nitrogens with zero attached hydrogens (tertiary/aromatic N) is 1. The van der Waals surface area contributed by atoms with Crippen molar-refractivity contribution < 1.29 is 13.2 Å². The van der Waals surface area contributed by atoms with Gasteiger partial charge in [-0.3, -0.25) is 4.79 Å². The van der Waals surface area contributed by atoms with E-state index in [0.717, 1.165) is 9.41 Å². The van der Waals surface area contributed by atoms with E-state index in [-0.39, 0.29) is 4.90 Å². The van der Waals surface area contributed by atoms with Crippen molar-refractivity contribution in [1.29, 1.82) is 0 Å². The van der Waals surface area contributed by atoms with Crippen LogP contribution in [0.1, 0.15) is 5.56 Å². The SMILES string of the molecule is O=C(Cl)C=Cc1cccc(S(=O)(=O)N(Br)c2ccccc2)c1. The Morgan fingerprint density at radius 2 is 1.77 bits per heavy atom. The zero-order valence-electron chi connectivity index (χ0n) is 11.2. The van der Waals surface area contributed by atoms with Crippen LogP contribution in [0.3, 0.4) is 0 Å². The van der Waals surface area contributed by atoms with Crippen molar-refractivity contribution in [2.24, 2.45) is 0 Å². The molecule has 0 heterocycles. The van der Waals surface area contributed by atoms with E-state index >= 15 is 0 Å². The van der Waals surface area contributed by atoms with Gasteiger partial charge in [-0.15, -0.1) is 0 Å². The number of benzene rings is 2. The molecule has 7 heteroatoms. The standard InChI is InChI=1S/C15H11BrClNO3S/c16-18(13-6-2-1-3-7-13)22(20,21)14-8-4-5-12(11-14)9-10-15(17)19/h1-11H. The first-order valence-electron chi connectivity index (χ1n) is 6.15. The minimum absolute atomic E-state index is 0.0948. The smallest absolute Gasteiger partial charge is 0.273 e. The van der Waals surface area contributed by atoms with Crippen molar-refractivity contribution in [3.63, 3.8) is 0 Å². The van der Waals surface area contributed by atoms with Crippen molar-refractivity contribution in [2.45, 2.75) is 4.90 Å². The second-order valence-corrected chi connectivity index (χ2v) is 7.60. The van der Waals surface area contributed by atoms with E-state index in [2.05, 4.69) is 16.1 Å². The molecule has 0 amide bonds. The summed E-state index contributed by atoms with van der Waals surface area (Å²) >= 11 is 8.31. The van der Waals surface area contributed by atoms with Crippen LogP contribution in [0.5, 0.6) is 0 Å². The normalized spacial score (nSPS) is 11.5. The molecule has 0 atom stereocenters. The Morgan fingerprint density at radius 1 is 1.09 bits per heavy atom. The summed E-state index contributed by atoms with van der Waals surface area (Å²) in [7, 11) is -3.75. The lowest BCUT2D eigenvalue weighted by molar-refractivity contribution is -0.107. The van der Waals surface area contributed by atoms with E-state index in [1.807, 2.05) is 0 Å². The molecule has 0 aliphatic heterocycles. The molecule has 22 heavy (non-hydrogen) atoms. The molecular weight excluding hydrogens is 390 g/mol. The Hall–Kier alpha value is -1.63. The van der Waals surface area contributed by atoms with Crippen LogP contribution in [0.2, 0.25) is 0 Å². The van der Waals surface area contributed by atoms with Crippen LogP contribution in [0.15, 0.2) is 65.6 Å². The van der Waals surface area contributed by atoms with Crippen molar-refractivity contribution in [1.82, 2.24) is 0 Å². The zero-order valence-corrected chi connectivity index (χ0v) is 14.3. The Bertz CT molecular complexity index is 807. The highest BCUT2D eigenvalue weighted by molar-refractivity contribution is 9.11. The highest BCUT2D eigenvalue weighted by atomic mass is 79.9. The number of hydrogen-bond donors (Lipinski definition) is 0. The molecule has 4 nitrogen and oxygen atoms in total. The summed E-state index contributed by atoms with van der Waals surface area (Å²) in [5, 5.41) is -0.625. The van der Waals surface area contributed by atoms with E-state index in [1.165, 1.54) is 18.2 Å². The van der Waals surface area contributed by atoms with E-state index in [4.69, 9.17) is 11.6 Å². The summed E-state index contributed by atoms with van der Waals surface area (Å²) in [6.45, 7) is 0. The molecule has 0 aliphatic carbocycles. The van der Waals surface area contributed by atoms with Gasteiger partial charge in [0.2, 0.25) is 5.24 Å². The lowest BCUT2D eigenvalue weighted by Gasteiger charge is -2.16. The quantitative estimate of drug-likeness (QED) is 0.433. The van der Waals surface area contributed by atoms with Gasteiger partial charge >= 0.3 is 0 Å². The van der Waals surface area contributed by atoms with Gasteiger partial charge in [0.25, 0.3) is 10.0 Å². The van der Waals surface area contributed by atoms with Gasteiger partial charge in [0.15, 0.2) is 0 Å². The maximum atomic E-state index is 12.6. The summed E-state index contributed by atoms with van der Waals surface area (Å²) in [6, 6.07) is 14.8.